The molecule has 26 heavy (non-hydrogen) atoms. The molecule has 1 saturated heterocycles. The Labute approximate surface area is 155 Å². The molecular formula is C18H20N3O4S. The van der Waals surface area contributed by atoms with E-state index in [2.05, 4.69) is 10.3 Å². The van der Waals surface area contributed by atoms with Gasteiger partial charge in [0.15, 0.2) is 0 Å². The third-order valence-corrected chi connectivity index (χ3v) is 4.72. The number of amides is 2. The first-order valence-electron chi connectivity index (χ1n) is 8.38. The highest BCUT2D eigenvalue weighted by atomic mass is 32.1. The van der Waals surface area contributed by atoms with Crippen molar-refractivity contribution in [1.82, 2.24) is 15.2 Å². The molecule has 0 unspecified atom stereocenters. The maximum absolute atomic E-state index is 12.8. The number of aromatic nitrogens is 1. The minimum absolute atomic E-state index is 0.108. The summed E-state index contributed by atoms with van der Waals surface area (Å²) in [4.78, 5) is 31.4. The molecule has 0 spiro atoms. The van der Waals surface area contributed by atoms with Crippen molar-refractivity contribution in [3.05, 3.63) is 52.5 Å². The molecule has 0 saturated carbocycles. The summed E-state index contributed by atoms with van der Waals surface area (Å²) >= 11 is 1.40. The number of nitrogens with zero attached hydrogens (tertiary/aromatic N) is 3. The SMILES string of the molecule is O=C([N][C@@H](Cc1ccccc1)C(=O)N1CCOCC1)OCc1cncs1. The van der Waals surface area contributed by atoms with E-state index >= 15 is 0 Å². The molecular weight excluding hydrogens is 354 g/mol. The summed E-state index contributed by atoms with van der Waals surface area (Å²) in [5.41, 5.74) is 2.61. The Balaban J connectivity index is 1.63. The van der Waals surface area contributed by atoms with E-state index in [1.165, 1.54) is 11.3 Å². The summed E-state index contributed by atoms with van der Waals surface area (Å²) in [5, 5.41) is 4.04. The average Bonchev–Trinajstić information content (AvgIpc) is 3.20. The van der Waals surface area contributed by atoms with E-state index < -0.39 is 12.1 Å². The molecule has 0 aliphatic carbocycles. The number of benzene rings is 1. The summed E-state index contributed by atoms with van der Waals surface area (Å²) in [7, 11) is 0. The zero-order chi connectivity index (χ0) is 18.2. The van der Waals surface area contributed by atoms with Crippen LogP contribution in [0.4, 0.5) is 4.79 Å². The van der Waals surface area contributed by atoms with Gasteiger partial charge in [0, 0.05) is 25.7 Å². The molecule has 1 aliphatic heterocycles. The molecule has 8 heteroatoms. The van der Waals surface area contributed by atoms with Crippen LogP contribution in [0, 0.1) is 0 Å². The fourth-order valence-corrected chi connectivity index (χ4v) is 3.14. The fraction of sp³-hybridized carbons (Fsp3) is 0.389. The van der Waals surface area contributed by atoms with Gasteiger partial charge in [0.05, 0.1) is 23.6 Å². The topological polar surface area (TPSA) is 82.8 Å². The molecule has 1 atom stereocenters. The summed E-state index contributed by atoms with van der Waals surface area (Å²) in [5.74, 6) is -0.174. The van der Waals surface area contributed by atoms with Crippen molar-refractivity contribution >= 4 is 23.3 Å². The first-order chi connectivity index (χ1) is 12.7. The Morgan fingerprint density at radius 2 is 2.04 bits per heavy atom. The molecule has 0 N–H and O–H groups in total. The van der Waals surface area contributed by atoms with Gasteiger partial charge in [-0.2, -0.15) is 5.32 Å². The average molecular weight is 374 g/mol. The van der Waals surface area contributed by atoms with Gasteiger partial charge in [0.2, 0.25) is 5.91 Å². The molecule has 1 aliphatic rings. The van der Waals surface area contributed by atoms with Gasteiger partial charge in [-0.3, -0.25) is 9.78 Å². The van der Waals surface area contributed by atoms with E-state index in [-0.39, 0.29) is 12.5 Å². The summed E-state index contributed by atoms with van der Waals surface area (Å²) < 4.78 is 10.4. The molecule has 7 nitrogen and oxygen atoms in total. The van der Waals surface area contributed by atoms with Crippen molar-refractivity contribution < 1.29 is 19.1 Å². The van der Waals surface area contributed by atoms with Gasteiger partial charge in [-0.1, -0.05) is 30.3 Å². The second-order valence-corrected chi connectivity index (χ2v) is 6.77. The van der Waals surface area contributed by atoms with Gasteiger partial charge < -0.3 is 14.4 Å². The van der Waals surface area contributed by atoms with Gasteiger partial charge in [-0.15, -0.1) is 11.3 Å². The van der Waals surface area contributed by atoms with E-state index in [4.69, 9.17) is 9.47 Å². The fourth-order valence-electron chi connectivity index (χ4n) is 2.63. The van der Waals surface area contributed by atoms with Crippen LogP contribution in [0.25, 0.3) is 0 Å². The monoisotopic (exact) mass is 374 g/mol. The number of hydrogen-bond donors (Lipinski definition) is 0. The third-order valence-electron chi connectivity index (χ3n) is 3.96. The van der Waals surface area contributed by atoms with Crippen LogP contribution in [-0.4, -0.2) is 54.2 Å². The predicted molar refractivity (Wildman–Crippen MR) is 95.8 cm³/mol. The van der Waals surface area contributed by atoms with Crippen molar-refractivity contribution in [3.63, 3.8) is 0 Å². The smallest absolute Gasteiger partial charge is 0.430 e. The lowest BCUT2D eigenvalue weighted by Crippen LogP contribution is -2.50. The lowest BCUT2D eigenvalue weighted by Gasteiger charge is -2.29. The van der Waals surface area contributed by atoms with Crippen LogP contribution in [0.5, 0.6) is 0 Å². The van der Waals surface area contributed by atoms with E-state index in [0.717, 1.165) is 10.4 Å². The molecule has 1 aromatic carbocycles. The van der Waals surface area contributed by atoms with Crippen LogP contribution in [0.1, 0.15) is 10.4 Å². The van der Waals surface area contributed by atoms with Crippen LogP contribution < -0.4 is 5.32 Å². The Morgan fingerprint density at radius 1 is 1.27 bits per heavy atom. The van der Waals surface area contributed by atoms with Gasteiger partial charge in [-0.25, -0.2) is 4.79 Å². The number of hydrogen-bond acceptors (Lipinski definition) is 6. The molecule has 137 valence electrons. The zero-order valence-corrected chi connectivity index (χ0v) is 15.1. The molecule has 2 heterocycles. The summed E-state index contributed by atoms with van der Waals surface area (Å²) in [6.45, 7) is 2.13. The van der Waals surface area contributed by atoms with E-state index in [1.54, 1.807) is 16.6 Å². The standard InChI is InChI=1S/C18H20N3O4S/c22-17(21-6-8-24-9-7-21)16(10-14-4-2-1-3-5-14)20-18(23)25-12-15-11-19-13-26-15/h1-5,11,13,16H,6-10,12H2/t16-/m0/s1. The van der Waals surface area contributed by atoms with E-state index in [0.29, 0.717) is 32.7 Å². The van der Waals surface area contributed by atoms with E-state index in [1.807, 2.05) is 30.3 Å². The number of rotatable bonds is 6. The highest BCUT2D eigenvalue weighted by molar-refractivity contribution is 7.09. The highest BCUT2D eigenvalue weighted by Crippen LogP contribution is 2.11. The van der Waals surface area contributed by atoms with Gasteiger partial charge in [0.25, 0.3) is 0 Å². The van der Waals surface area contributed by atoms with Gasteiger partial charge >= 0.3 is 6.09 Å². The van der Waals surface area contributed by atoms with Crippen molar-refractivity contribution in [1.29, 1.82) is 0 Å². The number of carbonyl (C=O) groups is 2. The molecule has 1 fully saturated rings. The lowest BCUT2D eigenvalue weighted by atomic mass is 10.0. The van der Waals surface area contributed by atoms with Crippen LogP contribution in [-0.2, 0) is 27.3 Å². The zero-order valence-electron chi connectivity index (χ0n) is 14.2. The van der Waals surface area contributed by atoms with Crippen molar-refractivity contribution in [2.75, 3.05) is 26.3 Å². The van der Waals surface area contributed by atoms with E-state index in [9.17, 15) is 9.59 Å². The molecule has 3 rings (SSSR count). The first-order valence-corrected chi connectivity index (χ1v) is 9.26. The third kappa shape index (κ3) is 5.27. The van der Waals surface area contributed by atoms with Crippen LogP contribution in [0.15, 0.2) is 42.0 Å². The highest BCUT2D eigenvalue weighted by Gasteiger charge is 2.29. The second kappa shape index (κ2) is 9.30. The van der Waals surface area contributed by atoms with Crippen LogP contribution in [0.3, 0.4) is 0 Å². The summed E-state index contributed by atoms with van der Waals surface area (Å²) in [6.07, 6.45) is 1.26. The van der Waals surface area contributed by atoms with Gasteiger partial charge in [-0.05, 0) is 5.56 Å². The number of ether oxygens (including phenoxy) is 2. The number of thiazole rings is 1. The Morgan fingerprint density at radius 3 is 2.73 bits per heavy atom. The Hall–Kier alpha value is -2.45. The minimum Gasteiger partial charge on any atom is -0.442 e. The molecule has 1 aromatic heterocycles. The molecule has 1 radical (unpaired) electrons. The number of carbonyl (C=O) groups excluding carboxylic acids is 2. The van der Waals surface area contributed by atoms with Crippen molar-refractivity contribution in [2.45, 2.75) is 19.1 Å². The molecule has 0 bridgehead atoms. The normalized spacial score (nSPS) is 15.3. The lowest BCUT2D eigenvalue weighted by molar-refractivity contribution is -0.137. The Bertz CT molecular complexity index is 702. The Kier molecular flexibility index (Phi) is 6.56. The number of morpholine rings is 1. The first kappa shape index (κ1) is 18.3. The van der Waals surface area contributed by atoms with Crippen LogP contribution >= 0.6 is 11.3 Å². The quantitative estimate of drug-likeness (QED) is 0.771. The summed E-state index contributed by atoms with van der Waals surface area (Å²) in [6, 6.07) is 8.73. The second-order valence-electron chi connectivity index (χ2n) is 5.79. The minimum atomic E-state index is -0.801. The van der Waals surface area contributed by atoms with Gasteiger partial charge in [0.1, 0.15) is 12.6 Å². The van der Waals surface area contributed by atoms with Crippen LogP contribution in [0.2, 0.25) is 0 Å². The maximum Gasteiger partial charge on any atom is 0.430 e. The van der Waals surface area contributed by atoms with Crippen molar-refractivity contribution in [2.24, 2.45) is 0 Å². The predicted octanol–water partition coefficient (Wildman–Crippen LogP) is 1.85. The van der Waals surface area contributed by atoms with Crippen molar-refractivity contribution in [3.8, 4) is 0 Å². The molecule has 2 amide bonds. The largest absolute Gasteiger partial charge is 0.442 e. The maximum atomic E-state index is 12.8. The molecule has 2 aromatic rings.